The van der Waals surface area contributed by atoms with E-state index in [0.29, 0.717) is 11.6 Å². The maximum Gasteiger partial charge on any atom is 0.335 e. The van der Waals surface area contributed by atoms with Gasteiger partial charge in [0.25, 0.3) is 0 Å². The van der Waals surface area contributed by atoms with Crippen LogP contribution in [0.3, 0.4) is 0 Å². The number of piperazine rings is 1. The molecule has 0 radical (unpaired) electrons. The standard InChI is InChI=1S/C16H22N2O2/c1-17-7-9-18(10-8-17)15-4-2-3-12-11-13(16(19)20)5-6-14(12)15/h5-6,11,15H,2-4,7-10H2,1H3,(H,19,20)/t15-/m0/s1. The minimum atomic E-state index is -0.825. The average Bonchev–Trinajstić information content (AvgIpc) is 2.47. The molecule has 0 amide bonds. The Morgan fingerprint density at radius 1 is 1.25 bits per heavy atom. The first-order chi connectivity index (χ1) is 9.65. The third kappa shape index (κ3) is 2.58. The van der Waals surface area contributed by atoms with Gasteiger partial charge in [0, 0.05) is 32.2 Å². The van der Waals surface area contributed by atoms with Crippen LogP contribution in [0.1, 0.15) is 40.4 Å². The molecule has 4 nitrogen and oxygen atoms in total. The Morgan fingerprint density at radius 2 is 2.00 bits per heavy atom. The van der Waals surface area contributed by atoms with Crippen molar-refractivity contribution >= 4 is 5.97 Å². The molecule has 3 rings (SSSR count). The molecular formula is C16H22N2O2. The number of aromatic carboxylic acids is 1. The quantitative estimate of drug-likeness (QED) is 0.896. The fourth-order valence-corrected chi connectivity index (χ4v) is 3.43. The minimum Gasteiger partial charge on any atom is -0.478 e. The highest BCUT2D eigenvalue weighted by Crippen LogP contribution is 2.35. The monoisotopic (exact) mass is 274 g/mol. The molecule has 0 unspecified atom stereocenters. The first-order valence-electron chi connectivity index (χ1n) is 7.44. The van der Waals surface area contributed by atoms with Crippen molar-refractivity contribution in [3.8, 4) is 0 Å². The lowest BCUT2D eigenvalue weighted by molar-refractivity contribution is 0.0696. The van der Waals surface area contributed by atoms with Crippen molar-refractivity contribution in [3.05, 3.63) is 34.9 Å². The van der Waals surface area contributed by atoms with Crippen LogP contribution in [-0.4, -0.2) is 54.1 Å². The van der Waals surface area contributed by atoms with E-state index in [2.05, 4.69) is 16.8 Å². The molecule has 0 bridgehead atoms. The van der Waals surface area contributed by atoms with Crippen molar-refractivity contribution in [1.82, 2.24) is 9.80 Å². The number of nitrogens with zero attached hydrogens (tertiary/aromatic N) is 2. The van der Waals surface area contributed by atoms with E-state index in [4.69, 9.17) is 5.11 Å². The summed E-state index contributed by atoms with van der Waals surface area (Å²) < 4.78 is 0. The lowest BCUT2D eigenvalue weighted by Crippen LogP contribution is -2.46. The van der Waals surface area contributed by atoms with Gasteiger partial charge in [0.05, 0.1) is 5.56 Å². The van der Waals surface area contributed by atoms with E-state index in [1.807, 2.05) is 12.1 Å². The molecule has 0 aromatic heterocycles. The van der Waals surface area contributed by atoms with Crippen LogP contribution in [0.25, 0.3) is 0 Å². The van der Waals surface area contributed by atoms with E-state index >= 15 is 0 Å². The summed E-state index contributed by atoms with van der Waals surface area (Å²) in [6.07, 6.45) is 3.37. The lowest BCUT2D eigenvalue weighted by atomic mass is 9.85. The van der Waals surface area contributed by atoms with Crippen molar-refractivity contribution < 1.29 is 9.90 Å². The Balaban J connectivity index is 1.84. The minimum absolute atomic E-state index is 0.419. The van der Waals surface area contributed by atoms with Crippen LogP contribution in [0.2, 0.25) is 0 Å². The summed E-state index contributed by atoms with van der Waals surface area (Å²) in [5.74, 6) is -0.825. The molecule has 1 heterocycles. The highest BCUT2D eigenvalue weighted by Gasteiger charge is 2.28. The van der Waals surface area contributed by atoms with Crippen LogP contribution < -0.4 is 0 Å². The molecule has 20 heavy (non-hydrogen) atoms. The van der Waals surface area contributed by atoms with Gasteiger partial charge in [0.1, 0.15) is 0 Å². The predicted octanol–water partition coefficient (Wildman–Crippen LogP) is 2.01. The maximum atomic E-state index is 11.1. The van der Waals surface area contributed by atoms with Crippen LogP contribution in [0.5, 0.6) is 0 Å². The van der Waals surface area contributed by atoms with E-state index in [-0.39, 0.29) is 0 Å². The Hall–Kier alpha value is -1.39. The van der Waals surface area contributed by atoms with Gasteiger partial charge >= 0.3 is 5.97 Å². The number of aryl methyl sites for hydroxylation is 1. The number of fused-ring (bicyclic) bond motifs is 1. The fourth-order valence-electron chi connectivity index (χ4n) is 3.43. The van der Waals surface area contributed by atoms with Crippen LogP contribution in [0.4, 0.5) is 0 Å². The number of carboxylic acids is 1. The van der Waals surface area contributed by atoms with Crippen LogP contribution in [0.15, 0.2) is 18.2 Å². The molecule has 1 aliphatic carbocycles. The van der Waals surface area contributed by atoms with E-state index < -0.39 is 5.97 Å². The van der Waals surface area contributed by atoms with Gasteiger partial charge < -0.3 is 10.0 Å². The molecule has 1 fully saturated rings. The van der Waals surface area contributed by atoms with Crippen LogP contribution >= 0.6 is 0 Å². The summed E-state index contributed by atoms with van der Waals surface area (Å²) in [6.45, 7) is 4.47. The molecule has 4 heteroatoms. The van der Waals surface area contributed by atoms with E-state index in [1.54, 1.807) is 6.07 Å². The highest BCUT2D eigenvalue weighted by atomic mass is 16.4. The molecular weight excluding hydrogens is 252 g/mol. The number of likely N-dealkylation sites (N-methyl/N-ethyl adjacent to an activating group) is 1. The summed E-state index contributed by atoms with van der Waals surface area (Å²) in [5.41, 5.74) is 3.01. The smallest absolute Gasteiger partial charge is 0.335 e. The normalized spacial score (nSPS) is 24.4. The first kappa shape index (κ1) is 13.6. The molecule has 0 spiro atoms. The Labute approximate surface area is 120 Å². The van der Waals surface area contributed by atoms with Crippen molar-refractivity contribution in [2.75, 3.05) is 33.2 Å². The number of carboxylic acid groups (broad SMARTS) is 1. The predicted molar refractivity (Wildman–Crippen MR) is 78.2 cm³/mol. The summed E-state index contributed by atoms with van der Waals surface area (Å²) in [4.78, 5) is 16.0. The third-order valence-corrected chi connectivity index (χ3v) is 4.65. The largest absolute Gasteiger partial charge is 0.478 e. The van der Waals surface area contributed by atoms with E-state index in [0.717, 1.165) is 39.0 Å². The van der Waals surface area contributed by atoms with Gasteiger partial charge in [-0.2, -0.15) is 0 Å². The maximum absolute atomic E-state index is 11.1. The zero-order valence-corrected chi connectivity index (χ0v) is 12.0. The van der Waals surface area contributed by atoms with Crippen molar-refractivity contribution in [2.24, 2.45) is 0 Å². The summed E-state index contributed by atoms with van der Waals surface area (Å²) in [7, 11) is 2.17. The van der Waals surface area contributed by atoms with E-state index in [1.165, 1.54) is 17.5 Å². The van der Waals surface area contributed by atoms with Crippen molar-refractivity contribution in [1.29, 1.82) is 0 Å². The van der Waals surface area contributed by atoms with Gasteiger partial charge in [0.15, 0.2) is 0 Å². The fraction of sp³-hybridized carbons (Fsp3) is 0.562. The molecule has 0 saturated carbocycles. The SMILES string of the molecule is CN1CCN([C@H]2CCCc3cc(C(=O)O)ccc32)CC1. The average molecular weight is 274 g/mol. The topological polar surface area (TPSA) is 43.8 Å². The second kappa shape index (κ2) is 5.54. The first-order valence-corrected chi connectivity index (χ1v) is 7.44. The molecule has 1 aromatic carbocycles. The molecule has 2 aliphatic rings. The van der Waals surface area contributed by atoms with Gasteiger partial charge in [0.2, 0.25) is 0 Å². The second-order valence-corrected chi connectivity index (χ2v) is 5.97. The zero-order valence-electron chi connectivity index (χ0n) is 12.0. The van der Waals surface area contributed by atoms with Gasteiger partial charge in [-0.15, -0.1) is 0 Å². The summed E-state index contributed by atoms with van der Waals surface area (Å²) in [6, 6.07) is 6.16. The lowest BCUT2D eigenvalue weighted by Gasteiger charge is -2.40. The van der Waals surface area contributed by atoms with Crippen molar-refractivity contribution in [3.63, 3.8) is 0 Å². The molecule has 1 saturated heterocycles. The second-order valence-electron chi connectivity index (χ2n) is 5.97. The van der Waals surface area contributed by atoms with Gasteiger partial charge in [-0.1, -0.05) is 6.07 Å². The molecule has 1 N–H and O–H groups in total. The Morgan fingerprint density at radius 3 is 2.70 bits per heavy atom. The Kier molecular flexibility index (Phi) is 3.76. The van der Waals surface area contributed by atoms with Gasteiger partial charge in [-0.05, 0) is 49.6 Å². The molecule has 1 atom stereocenters. The van der Waals surface area contributed by atoms with Gasteiger partial charge in [-0.25, -0.2) is 4.79 Å². The number of hydrogen-bond donors (Lipinski definition) is 1. The Bertz CT molecular complexity index is 507. The van der Waals surface area contributed by atoms with Crippen LogP contribution in [0, 0.1) is 0 Å². The molecule has 1 aliphatic heterocycles. The van der Waals surface area contributed by atoms with Gasteiger partial charge in [-0.3, -0.25) is 4.90 Å². The van der Waals surface area contributed by atoms with E-state index in [9.17, 15) is 4.79 Å². The molecule has 108 valence electrons. The summed E-state index contributed by atoms with van der Waals surface area (Å²) in [5, 5.41) is 9.11. The molecule has 1 aromatic rings. The van der Waals surface area contributed by atoms with Crippen molar-refractivity contribution in [2.45, 2.75) is 25.3 Å². The number of benzene rings is 1. The number of carbonyl (C=O) groups is 1. The zero-order chi connectivity index (χ0) is 14.1. The summed E-state index contributed by atoms with van der Waals surface area (Å²) >= 11 is 0. The highest BCUT2D eigenvalue weighted by molar-refractivity contribution is 5.88. The number of hydrogen-bond acceptors (Lipinski definition) is 3. The van der Waals surface area contributed by atoms with Crippen LogP contribution in [-0.2, 0) is 6.42 Å². The number of rotatable bonds is 2. The third-order valence-electron chi connectivity index (χ3n) is 4.65.